The van der Waals surface area contributed by atoms with E-state index >= 15 is 4.39 Å². The van der Waals surface area contributed by atoms with Gasteiger partial charge in [-0.05, 0) is 50.1 Å². The Labute approximate surface area is 277 Å². The summed E-state index contributed by atoms with van der Waals surface area (Å²) in [6, 6.07) is 4.66. The number of sulfone groups is 1. The molecule has 1 atom stereocenters. The first-order valence-electron chi connectivity index (χ1n) is 15.0. The third-order valence-electron chi connectivity index (χ3n) is 8.77. The first-order chi connectivity index (χ1) is 22.6. The van der Waals surface area contributed by atoms with Gasteiger partial charge in [-0.3, -0.25) is 9.78 Å². The molecule has 1 aliphatic carbocycles. The fourth-order valence-electron chi connectivity index (χ4n) is 6.26. The topological polar surface area (TPSA) is 118 Å². The van der Waals surface area contributed by atoms with Gasteiger partial charge >= 0.3 is 11.9 Å². The predicted octanol–water partition coefficient (Wildman–Crippen LogP) is 5.55. The van der Waals surface area contributed by atoms with Gasteiger partial charge in [0.25, 0.3) is 0 Å². The highest BCUT2D eigenvalue weighted by Gasteiger charge is 2.37. The van der Waals surface area contributed by atoms with E-state index in [4.69, 9.17) is 11.6 Å². The fourth-order valence-corrected chi connectivity index (χ4v) is 7.38. The highest BCUT2D eigenvalue weighted by atomic mass is 35.5. The van der Waals surface area contributed by atoms with Crippen LogP contribution in [0.3, 0.4) is 0 Å². The molecule has 10 nitrogen and oxygen atoms in total. The number of aromatic nitrogens is 4. The van der Waals surface area contributed by atoms with E-state index in [2.05, 4.69) is 21.5 Å². The number of hydrogen-bond donors (Lipinski definition) is 0. The quantitative estimate of drug-likeness (QED) is 0.190. The lowest BCUT2D eigenvalue weighted by Crippen LogP contribution is -2.54. The molecule has 1 aromatic carbocycles. The summed E-state index contributed by atoms with van der Waals surface area (Å²) in [6.45, 7) is 5.84. The third-order valence-corrected chi connectivity index (χ3v) is 10.2. The minimum atomic E-state index is -4.95. The SMILES string of the molecule is C=CC(=O)N1CCN(c2nc(=O)n(-c3c(S(C)(=O)=O)ccnc3C3CCC3)c3nc(-c4c(Cl)cccc4C(F)(F)F)c(F)cc23)[C@@H](C)C1. The predicted molar refractivity (Wildman–Crippen MR) is 172 cm³/mol. The Bertz CT molecular complexity index is 2150. The smallest absolute Gasteiger partial charge is 0.350 e. The molecule has 2 aliphatic rings. The number of amides is 1. The van der Waals surface area contributed by atoms with E-state index in [0.717, 1.165) is 41.5 Å². The molecule has 0 radical (unpaired) electrons. The molecule has 252 valence electrons. The summed E-state index contributed by atoms with van der Waals surface area (Å²) in [5.74, 6) is -1.75. The van der Waals surface area contributed by atoms with Crippen molar-refractivity contribution in [1.82, 2.24) is 24.4 Å². The molecule has 2 fully saturated rings. The lowest BCUT2D eigenvalue weighted by Gasteiger charge is -2.40. The summed E-state index contributed by atoms with van der Waals surface area (Å²) in [5.41, 5.74) is -4.02. The number of benzene rings is 1. The molecule has 1 amide bonds. The van der Waals surface area contributed by atoms with E-state index in [0.29, 0.717) is 12.8 Å². The number of carbonyl (C=O) groups excluding carboxylic acids is 1. The fraction of sp³-hybridized carbons (Fsp3) is 0.344. The van der Waals surface area contributed by atoms with Crippen molar-refractivity contribution in [1.29, 1.82) is 0 Å². The number of rotatable bonds is 6. The first-order valence-corrected chi connectivity index (χ1v) is 17.3. The molecule has 0 unspecified atom stereocenters. The molecular formula is C32H29ClF4N6O4S. The lowest BCUT2D eigenvalue weighted by molar-refractivity contribution is -0.137. The van der Waals surface area contributed by atoms with Crippen LogP contribution in [0.15, 0.2) is 58.9 Å². The monoisotopic (exact) mass is 704 g/mol. The number of anilines is 1. The Morgan fingerprint density at radius 1 is 1.15 bits per heavy atom. The van der Waals surface area contributed by atoms with Crippen molar-refractivity contribution in [2.24, 2.45) is 0 Å². The van der Waals surface area contributed by atoms with Gasteiger partial charge in [0, 0.05) is 49.6 Å². The largest absolute Gasteiger partial charge is 0.417 e. The lowest BCUT2D eigenvalue weighted by atomic mass is 9.82. The Morgan fingerprint density at radius 3 is 2.48 bits per heavy atom. The summed E-state index contributed by atoms with van der Waals surface area (Å²) in [4.78, 5) is 42.5. The Kier molecular flexibility index (Phi) is 8.56. The van der Waals surface area contributed by atoms with Crippen LogP contribution in [0.4, 0.5) is 23.4 Å². The van der Waals surface area contributed by atoms with E-state index in [1.54, 1.807) is 16.7 Å². The molecular weight excluding hydrogens is 676 g/mol. The first kappa shape index (κ1) is 33.5. The molecule has 0 N–H and O–H groups in total. The van der Waals surface area contributed by atoms with Crippen LogP contribution in [-0.2, 0) is 20.8 Å². The van der Waals surface area contributed by atoms with E-state index in [1.165, 1.54) is 18.3 Å². The van der Waals surface area contributed by atoms with Crippen LogP contribution < -0.4 is 10.6 Å². The standard InChI is InChI=1S/C32H29ClF4N6O4S/c1-4-24(44)41-13-14-42(17(2)16-41)29-19-15-22(34)27(25-20(32(35,36)37)9-6-10-21(25)33)39-30(19)43(31(45)40-29)28-23(48(3,46)47)11-12-38-26(28)18-7-5-8-18/h4,6,9-12,15,17-18H,1,5,7-8,13-14,16H2,2-3H3/t17-/m0/s1. The van der Waals surface area contributed by atoms with Gasteiger partial charge in [-0.2, -0.15) is 18.2 Å². The second kappa shape index (κ2) is 12.3. The Balaban J connectivity index is 1.71. The van der Waals surface area contributed by atoms with Crippen molar-refractivity contribution in [3.8, 4) is 16.9 Å². The molecule has 1 saturated carbocycles. The second-order valence-electron chi connectivity index (χ2n) is 11.9. The van der Waals surface area contributed by atoms with Crippen LogP contribution in [0.1, 0.15) is 43.4 Å². The number of fused-ring (bicyclic) bond motifs is 1. The molecule has 1 saturated heterocycles. The van der Waals surface area contributed by atoms with Crippen LogP contribution in [0.5, 0.6) is 0 Å². The number of halogens is 5. The number of piperazine rings is 1. The van der Waals surface area contributed by atoms with Crippen molar-refractivity contribution in [2.75, 3.05) is 30.8 Å². The van der Waals surface area contributed by atoms with Gasteiger partial charge in [-0.15, -0.1) is 0 Å². The van der Waals surface area contributed by atoms with E-state index in [9.17, 15) is 31.2 Å². The van der Waals surface area contributed by atoms with Gasteiger partial charge in [0.2, 0.25) is 5.91 Å². The van der Waals surface area contributed by atoms with Crippen LogP contribution >= 0.6 is 11.6 Å². The summed E-state index contributed by atoms with van der Waals surface area (Å²) < 4.78 is 86.0. The van der Waals surface area contributed by atoms with E-state index in [-0.39, 0.29) is 64.6 Å². The average molecular weight is 705 g/mol. The van der Waals surface area contributed by atoms with Gasteiger partial charge in [0.15, 0.2) is 15.5 Å². The summed E-state index contributed by atoms with van der Waals surface area (Å²) in [7, 11) is -4.02. The van der Waals surface area contributed by atoms with Crippen molar-refractivity contribution in [3.05, 3.63) is 81.8 Å². The summed E-state index contributed by atoms with van der Waals surface area (Å²) >= 11 is 6.26. The minimum absolute atomic E-state index is 0.0346. The van der Waals surface area contributed by atoms with Gasteiger partial charge in [-0.1, -0.05) is 30.7 Å². The van der Waals surface area contributed by atoms with Crippen LogP contribution in [-0.4, -0.2) is 70.7 Å². The summed E-state index contributed by atoms with van der Waals surface area (Å²) in [5, 5.41) is -0.515. The molecule has 3 aromatic heterocycles. The van der Waals surface area contributed by atoms with Crippen molar-refractivity contribution in [2.45, 2.75) is 49.2 Å². The maximum absolute atomic E-state index is 16.2. The highest BCUT2D eigenvalue weighted by Crippen LogP contribution is 2.44. The van der Waals surface area contributed by atoms with Crippen molar-refractivity contribution >= 4 is 44.2 Å². The van der Waals surface area contributed by atoms with Gasteiger partial charge in [0.05, 0.1) is 32.2 Å². The zero-order chi connectivity index (χ0) is 34.7. The Morgan fingerprint density at radius 2 is 1.88 bits per heavy atom. The van der Waals surface area contributed by atoms with Crippen LogP contribution in [0, 0.1) is 5.82 Å². The molecule has 0 spiro atoms. The third kappa shape index (κ3) is 5.82. The number of carbonyl (C=O) groups is 1. The molecule has 1 aliphatic heterocycles. The highest BCUT2D eigenvalue weighted by molar-refractivity contribution is 7.90. The molecule has 4 heterocycles. The zero-order valence-electron chi connectivity index (χ0n) is 25.8. The van der Waals surface area contributed by atoms with Crippen LogP contribution in [0.25, 0.3) is 28.0 Å². The minimum Gasteiger partial charge on any atom is -0.350 e. The Hall–Kier alpha value is -4.37. The zero-order valence-corrected chi connectivity index (χ0v) is 27.3. The molecule has 16 heteroatoms. The van der Waals surface area contributed by atoms with E-state index in [1.807, 2.05) is 0 Å². The van der Waals surface area contributed by atoms with Gasteiger partial charge < -0.3 is 9.80 Å². The van der Waals surface area contributed by atoms with Gasteiger partial charge in [-0.25, -0.2) is 27.2 Å². The number of alkyl halides is 3. The maximum atomic E-state index is 16.2. The van der Waals surface area contributed by atoms with Crippen molar-refractivity contribution in [3.63, 3.8) is 0 Å². The van der Waals surface area contributed by atoms with Crippen LogP contribution in [0.2, 0.25) is 5.02 Å². The average Bonchev–Trinajstić information content (AvgIpc) is 2.99. The number of hydrogen-bond acceptors (Lipinski definition) is 8. The molecule has 6 rings (SSSR count). The van der Waals surface area contributed by atoms with E-state index < -0.39 is 55.4 Å². The second-order valence-corrected chi connectivity index (χ2v) is 14.3. The normalized spacial score (nSPS) is 17.4. The molecule has 0 bridgehead atoms. The number of pyridine rings is 2. The number of nitrogens with zero attached hydrogens (tertiary/aromatic N) is 6. The molecule has 48 heavy (non-hydrogen) atoms. The van der Waals surface area contributed by atoms with Crippen molar-refractivity contribution < 1.29 is 30.8 Å². The van der Waals surface area contributed by atoms with Gasteiger partial charge in [0.1, 0.15) is 17.3 Å². The summed E-state index contributed by atoms with van der Waals surface area (Å²) in [6.07, 6.45) is 0.627. The molecule has 4 aromatic rings. The maximum Gasteiger partial charge on any atom is 0.417 e.